The van der Waals surface area contributed by atoms with E-state index in [4.69, 9.17) is 4.74 Å². The van der Waals surface area contributed by atoms with E-state index >= 15 is 0 Å². The molecule has 0 fully saturated rings. The fourth-order valence-electron chi connectivity index (χ4n) is 1.91. The van der Waals surface area contributed by atoms with Crippen molar-refractivity contribution < 1.29 is 4.74 Å². The molecule has 0 saturated carbocycles. The van der Waals surface area contributed by atoms with Crippen LogP contribution in [0.3, 0.4) is 0 Å². The van der Waals surface area contributed by atoms with Crippen LogP contribution in [0, 0.1) is 0 Å². The van der Waals surface area contributed by atoms with Gasteiger partial charge in [0.25, 0.3) is 0 Å². The summed E-state index contributed by atoms with van der Waals surface area (Å²) in [5, 5.41) is 3.90. The molecule has 0 saturated heterocycles. The van der Waals surface area contributed by atoms with Crippen molar-refractivity contribution in [3.05, 3.63) is 30.0 Å². The number of aromatic amines is 1. The summed E-state index contributed by atoms with van der Waals surface area (Å²) in [5.74, 6) is 0.984. The molecule has 0 bridgehead atoms. The zero-order valence-electron chi connectivity index (χ0n) is 9.75. The van der Waals surface area contributed by atoms with E-state index in [1.54, 1.807) is 7.11 Å². The van der Waals surface area contributed by atoms with E-state index in [1.807, 2.05) is 12.1 Å². The third-order valence-corrected chi connectivity index (χ3v) is 4.58. The molecule has 86 valence electrons. The number of rotatable bonds is 5. The summed E-state index contributed by atoms with van der Waals surface area (Å²) < 4.78 is 5.42. The van der Waals surface area contributed by atoms with Crippen molar-refractivity contribution in [2.45, 2.75) is 24.0 Å². The Bertz CT molecular complexity index is 464. The molecule has 0 aliphatic carbocycles. The maximum atomic E-state index is 5.42. The first kappa shape index (κ1) is 11.6. The van der Waals surface area contributed by atoms with Crippen molar-refractivity contribution >= 4 is 25.9 Å². The summed E-state index contributed by atoms with van der Waals surface area (Å²) in [7, 11) is 1.74. The summed E-state index contributed by atoms with van der Waals surface area (Å²) in [6.07, 6.45) is 3.28. The SMILES string of the molecule is CC[Se]CCc1c[nH]c2cccc(OC)c12. The van der Waals surface area contributed by atoms with Crippen LogP contribution in [0.25, 0.3) is 10.9 Å². The summed E-state index contributed by atoms with van der Waals surface area (Å²) in [5.41, 5.74) is 2.57. The fourth-order valence-corrected chi connectivity index (χ4v) is 3.28. The van der Waals surface area contributed by atoms with Crippen molar-refractivity contribution in [2.75, 3.05) is 7.11 Å². The number of aromatic nitrogens is 1. The molecule has 1 N–H and O–H groups in total. The van der Waals surface area contributed by atoms with Crippen molar-refractivity contribution in [1.29, 1.82) is 0 Å². The molecule has 3 heteroatoms. The number of benzene rings is 1. The van der Waals surface area contributed by atoms with Crippen molar-refractivity contribution in [3.8, 4) is 5.75 Å². The Balaban J connectivity index is 2.30. The zero-order valence-corrected chi connectivity index (χ0v) is 11.5. The zero-order chi connectivity index (χ0) is 11.4. The molecule has 0 atom stereocenters. The minimum atomic E-state index is 0.783. The second kappa shape index (κ2) is 5.42. The monoisotopic (exact) mass is 283 g/mol. The predicted molar refractivity (Wildman–Crippen MR) is 69.6 cm³/mol. The number of aryl methyl sites for hydroxylation is 1. The second-order valence-corrected chi connectivity index (χ2v) is 6.57. The van der Waals surface area contributed by atoms with Crippen LogP contribution in [0.4, 0.5) is 0 Å². The maximum absolute atomic E-state index is 5.42. The van der Waals surface area contributed by atoms with Gasteiger partial charge in [-0.25, -0.2) is 0 Å². The van der Waals surface area contributed by atoms with E-state index in [0.29, 0.717) is 0 Å². The van der Waals surface area contributed by atoms with Gasteiger partial charge in [-0.05, 0) is 0 Å². The van der Waals surface area contributed by atoms with Gasteiger partial charge in [-0.2, -0.15) is 0 Å². The molecular weight excluding hydrogens is 265 g/mol. The van der Waals surface area contributed by atoms with Crippen molar-refractivity contribution in [2.24, 2.45) is 0 Å². The molecule has 0 amide bonds. The van der Waals surface area contributed by atoms with Gasteiger partial charge >= 0.3 is 102 Å². The Hall–Kier alpha value is -0.921. The van der Waals surface area contributed by atoms with Gasteiger partial charge in [-0.3, -0.25) is 0 Å². The van der Waals surface area contributed by atoms with Gasteiger partial charge in [-0.15, -0.1) is 0 Å². The van der Waals surface area contributed by atoms with Crippen LogP contribution in [0.5, 0.6) is 5.75 Å². The number of methoxy groups -OCH3 is 1. The van der Waals surface area contributed by atoms with Gasteiger partial charge < -0.3 is 0 Å². The van der Waals surface area contributed by atoms with Gasteiger partial charge in [-0.1, -0.05) is 0 Å². The predicted octanol–water partition coefficient (Wildman–Crippen LogP) is 3.28. The molecule has 1 aromatic heterocycles. The molecule has 0 aliphatic heterocycles. The van der Waals surface area contributed by atoms with E-state index in [2.05, 4.69) is 24.2 Å². The van der Waals surface area contributed by atoms with Gasteiger partial charge in [0.1, 0.15) is 0 Å². The van der Waals surface area contributed by atoms with Crippen molar-refractivity contribution in [3.63, 3.8) is 0 Å². The van der Waals surface area contributed by atoms with E-state index in [1.165, 1.54) is 27.1 Å². The van der Waals surface area contributed by atoms with Crippen LogP contribution >= 0.6 is 0 Å². The third-order valence-electron chi connectivity index (χ3n) is 2.69. The molecular formula is C13H17NOSe. The first-order valence-electron chi connectivity index (χ1n) is 5.57. The Morgan fingerprint density at radius 3 is 3.00 bits per heavy atom. The van der Waals surface area contributed by atoms with Crippen LogP contribution in [0.15, 0.2) is 24.4 Å². The first-order valence-corrected chi connectivity index (χ1v) is 7.99. The average molecular weight is 282 g/mol. The van der Waals surface area contributed by atoms with Crippen LogP contribution in [0.1, 0.15) is 12.5 Å². The van der Waals surface area contributed by atoms with Crippen molar-refractivity contribution in [1.82, 2.24) is 4.98 Å². The number of hydrogen-bond acceptors (Lipinski definition) is 1. The molecule has 0 spiro atoms. The van der Waals surface area contributed by atoms with Gasteiger partial charge in [0.05, 0.1) is 0 Å². The number of nitrogens with one attached hydrogen (secondary N) is 1. The molecule has 1 aromatic carbocycles. The first-order chi connectivity index (χ1) is 7.86. The summed E-state index contributed by atoms with van der Waals surface area (Å²) in [6.45, 7) is 2.26. The molecule has 0 unspecified atom stereocenters. The van der Waals surface area contributed by atoms with E-state index in [9.17, 15) is 0 Å². The van der Waals surface area contributed by atoms with E-state index < -0.39 is 0 Å². The van der Waals surface area contributed by atoms with Gasteiger partial charge in [0, 0.05) is 0 Å². The van der Waals surface area contributed by atoms with Crippen LogP contribution in [0.2, 0.25) is 10.6 Å². The fraction of sp³-hybridized carbons (Fsp3) is 0.385. The van der Waals surface area contributed by atoms with E-state index in [-0.39, 0.29) is 0 Å². The van der Waals surface area contributed by atoms with Crippen LogP contribution in [-0.2, 0) is 6.42 Å². The minimum absolute atomic E-state index is 0.783. The number of ether oxygens (including phenoxy) is 1. The molecule has 2 nitrogen and oxygen atoms in total. The van der Waals surface area contributed by atoms with E-state index in [0.717, 1.165) is 27.1 Å². The Morgan fingerprint density at radius 1 is 1.38 bits per heavy atom. The molecule has 0 aliphatic rings. The number of H-pyrrole nitrogens is 1. The Labute approximate surface area is 103 Å². The third kappa shape index (κ3) is 2.26. The Kier molecular flexibility index (Phi) is 3.92. The summed E-state index contributed by atoms with van der Waals surface area (Å²) in [4.78, 5) is 3.32. The molecule has 16 heavy (non-hydrogen) atoms. The topological polar surface area (TPSA) is 25.0 Å². The van der Waals surface area contributed by atoms with Gasteiger partial charge in [0.2, 0.25) is 0 Å². The number of hydrogen-bond donors (Lipinski definition) is 1. The normalized spacial score (nSPS) is 10.9. The van der Waals surface area contributed by atoms with Gasteiger partial charge in [0.15, 0.2) is 0 Å². The molecule has 0 radical (unpaired) electrons. The summed E-state index contributed by atoms with van der Waals surface area (Å²) in [6, 6.07) is 6.16. The molecule has 2 rings (SSSR count). The standard InChI is InChI=1S/C13H17NOSe/c1-3-16-8-7-10-9-14-11-5-4-6-12(15-2)13(10)11/h4-6,9,14H,3,7-8H2,1-2H3. The summed E-state index contributed by atoms with van der Waals surface area (Å²) >= 11 is 0.783. The van der Waals surface area contributed by atoms with Crippen LogP contribution in [-0.4, -0.2) is 27.1 Å². The Morgan fingerprint density at radius 2 is 2.25 bits per heavy atom. The average Bonchev–Trinajstić information content (AvgIpc) is 2.73. The quantitative estimate of drug-likeness (QED) is 0.660. The molecule has 1 heterocycles. The number of fused-ring (bicyclic) bond motifs is 1. The molecule has 2 aromatic rings. The second-order valence-electron chi connectivity index (χ2n) is 3.64. The van der Waals surface area contributed by atoms with Crippen LogP contribution < -0.4 is 4.74 Å².